The molecule has 1 aliphatic heterocycles. The maximum Gasteiger partial charge on any atom is 0.253 e. The number of hydrogen-bond donors (Lipinski definition) is 0. The Labute approximate surface area is 159 Å². The number of nitrogens with zero attached hydrogens (tertiary/aromatic N) is 2. The molecule has 1 atom stereocenters. The number of amides is 1. The summed E-state index contributed by atoms with van der Waals surface area (Å²) in [4.78, 5) is 14.8. The molecule has 27 heavy (non-hydrogen) atoms. The van der Waals surface area contributed by atoms with Crippen LogP contribution in [0.2, 0.25) is 0 Å². The van der Waals surface area contributed by atoms with Crippen molar-refractivity contribution in [2.75, 3.05) is 19.7 Å². The number of ether oxygens (including phenoxy) is 1. The van der Waals surface area contributed by atoms with Crippen molar-refractivity contribution >= 4 is 5.91 Å². The maximum absolute atomic E-state index is 13.6. The predicted octanol–water partition coefficient (Wildman–Crippen LogP) is 4.40. The van der Waals surface area contributed by atoms with Crippen LogP contribution in [0, 0.1) is 17.1 Å². The lowest BCUT2D eigenvalue weighted by atomic mass is 10.00. The van der Waals surface area contributed by atoms with Gasteiger partial charge in [-0.15, -0.1) is 0 Å². The molecule has 1 heterocycles. The first-order valence-corrected chi connectivity index (χ1v) is 9.33. The van der Waals surface area contributed by atoms with E-state index in [1.54, 1.807) is 18.2 Å². The van der Waals surface area contributed by atoms with Crippen LogP contribution >= 0.6 is 0 Å². The number of hydrogen-bond acceptors (Lipinski definition) is 3. The van der Waals surface area contributed by atoms with Gasteiger partial charge in [0, 0.05) is 25.3 Å². The van der Waals surface area contributed by atoms with Gasteiger partial charge in [-0.05, 0) is 54.7 Å². The van der Waals surface area contributed by atoms with Crippen LogP contribution < -0.4 is 0 Å². The Morgan fingerprint density at radius 1 is 1.30 bits per heavy atom. The fourth-order valence-corrected chi connectivity index (χ4v) is 3.35. The smallest absolute Gasteiger partial charge is 0.253 e. The number of halogens is 1. The van der Waals surface area contributed by atoms with E-state index in [0.717, 1.165) is 31.4 Å². The van der Waals surface area contributed by atoms with Crippen molar-refractivity contribution in [3.8, 4) is 17.2 Å². The minimum absolute atomic E-state index is 0.00354. The number of carbonyl (C=O) groups excluding carboxylic acids is 1. The van der Waals surface area contributed by atoms with E-state index in [1.165, 1.54) is 12.1 Å². The van der Waals surface area contributed by atoms with Crippen LogP contribution in [0.5, 0.6) is 0 Å². The Bertz CT molecular complexity index is 860. The van der Waals surface area contributed by atoms with Crippen LogP contribution in [0.3, 0.4) is 0 Å². The Balaban J connectivity index is 1.79. The van der Waals surface area contributed by atoms with Crippen LogP contribution in [-0.2, 0) is 4.74 Å². The van der Waals surface area contributed by atoms with Gasteiger partial charge in [0.05, 0.1) is 11.7 Å². The summed E-state index contributed by atoms with van der Waals surface area (Å²) in [6.07, 6.45) is 2.98. The van der Waals surface area contributed by atoms with Crippen LogP contribution in [0.25, 0.3) is 11.1 Å². The molecular formula is C22H23FN2O2. The summed E-state index contributed by atoms with van der Waals surface area (Å²) in [5.74, 6) is -0.566. The molecule has 0 spiro atoms. The lowest BCUT2D eigenvalue weighted by molar-refractivity contribution is 0.00211. The van der Waals surface area contributed by atoms with Crippen LogP contribution in [0.4, 0.5) is 4.39 Å². The Hall–Kier alpha value is -2.71. The molecule has 1 saturated heterocycles. The normalized spacial score (nSPS) is 16.8. The van der Waals surface area contributed by atoms with Crippen molar-refractivity contribution in [1.29, 1.82) is 5.26 Å². The molecule has 3 rings (SSSR count). The average molecular weight is 366 g/mol. The average Bonchev–Trinajstić information content (AvgIpc) is 2.72. The van der Waals surface area contributed by atoms with Crippen molar-refractivity contribution in [2.45, 2.75) is 32.3 Å². The molecule has 0 aromatic heterocycles. The van der Waals surface area contributed by atoms with E-state index in [0.29, 0.717) is 24.3 Å². The molecule has 0 bridgehead atoms. The van der Waals surface area contributed by atoms with Crippen molar-refractivity contribution < 1.29 is 13.9 Å². The molecule has 0 aliphatic carbocycles. The third-order valence-electron chi connectivity index (χ3n) is 4.75. The number of carbonyl (C=O) groups is 1. The largest absolute Gasteiger partial charge is 0.376 e. The van der Waals surface area contributed by atoms with Gasteiger partial charge in [0.1, 0.15) is 11.9 Å². The highest BCUT2D eigenvalue weighted by molar-refractivity contribution is 5.95. The number of rotatable bonds is 5. The second-order valence-corrected chi connectivity index (χ2v) is 6.77. The quantitative estimate of drug-likeness (QED) is 0.788. The van der Waals surface area contributed by atoms with Gasteiger partial charge in [-0.2, -0.15) is 5.26 Å². The molecule has 1 amide bonds. The molecule has 0 saturated carbocycles. The van der Waals surface area contributed by atoms with Crippen LogP contribution in [0.1, 0.15) is 42.1 Å². The third-order valence-corrected chi connectivity index (χ3v) is 4.75. The topological polar surface area (TPSA) is 53.3 Å². The van der Waals surface area contributed by atoms with Gasteiger partial charge < -0.3 is 9.64 Å². The summed E-state index contributed by atoms with van der Waals surface area (Å²) in [5, 5.41) is 9.03. The fraction of sp³-hybridized carbons (Fsp3) is 0.364. The first kappa shape index (κ1) is 19.1. The number of piperidine rings is 1. The van der Waals surface area contributed by atoms with E-state index in [9.17, 15) is 9.18 Å². The highest BCUT2D eigenvalue weighted by Gasteiger charge is 2.25. The van der Waals surface area contributed by atoms with Crippen LogP contribution in [-0.4, -0.2) is 36.6 Å². The number of nitriles is 1. The number of benzene rings is 2. The van der Waals surface area contributed by atoms with E-state index in [4.69, 9.17) is 10.00 Å². The number of likely N-dealkylation sites (tertiary alicyclic amines) is 1. The fourth-order valence-electron chi connectivity index (χ4n) is 3.35. The molecule has 1 aliphatic rings. The van der Waals surface area contributed by atoms with E-state index >= 15 is 0 Å². The Morgan fingerprint density at radius 3 is 2.89 bits per heavy atom. The second kappa shape index (κ2) is 8.79. The van der Waals surface area contributed by atoms with Crippen molar-refractivity contribution in [3.05, 3.63) is 59.4 Å². The summed E-state index contributed by atoms with van der Waals surface area (Å²) in [7, 11) is 0. The van der Waals surface area contributed by atoms with E-state index in [1.807, 2.05) is 23.1 Å². The molecule has 1 fully saturated rings. The molecule has 0 unspecified atom stereocenters. The standard InChI is InChI=1S/C22H23FN2O2/c1-2-11-27-20-7-4-10-25(15-20)22(26)18-6-3-5-16(12-18)17-8-9-21(23)19(13-17)14-24/h3,5-6,8-9,12-13,20H,2,4,7,10-11,15H2,1H3/t20-/m0/s1. The zero-order valence-electron chi connectivity index (χ0n) is 15.5. The van der Waals surface area contributed by atoms with Crippen molar-refractivity contribution in [3.63, 3.8) is 0 Å². The monoisotopic (exact) mass is 366 g/mol. The molecule has 4 nitrogen and oxygen atoms in total. The van der Waals surface area contributed by atoms with Gasteiger partial charge >= 0.3 is 0 Å². The third kappa shape index (κ3) is 4.53. The Kier molecular flexibility index (Phi) is 6.20. The van der Waals surface area contributed by atoms with E-state index in [2.05, 4.69) is 6.92 Å². The summed E-state index contributed by atoms with van der Waals surface area (Å²) in [6, 6.07) is 13.5. The first-order valence-electron chi connectivity index (χ1n) is 9.33. The summed E-state index contributed by atoms with van der Waals surface area (Å²) in [5.41, 5.74) is 2.08. The molecule has 0 N–H and O–H groups in total. The highest BCUT2D eigenvalue weighted by atomic mass is 19.1. The van der Waals surface area contributed by atoms with Gasteiger partial charge in [0.15, 0.2) is 0 Å². The summed E-state index contributed by atoms with van der Waals surface area (Å²) in [6.45, 7) is 4.13. The predicted molar refractivity (Wildman–Crippen MR) is 102 cm³/mol. The van der Waals surface area contributed by atoms with Gasteiger partial charge in [-0.1, -0.05) is 25.1 Å². The summed E-state index contributed by atoms with van der Waals surface area (Å²) >= 11 is 0. The summed E-state index contributed by atoms with van der Waals surface area (Å²) < 4.78 is 19.4. The molecule has 2 aromatic rings. The SMILES string of the molecule is CCCO[C@H]1CCCN(C(=O)c2cccc(-c3ccc(F)c(C#N)c3)c2)C1. The van der Waals surface area contributed by atoms with Gasteiger partial charge in [0.2, 0.25) is 0 Å². The van der Waals surface area contributed by atoms with Gasteiger partial charge in [-0.25, -0.2) is 4.39 Å². The molecule has 5 heteroatoms. The van der Waals surface area contributed by atoms with Gasteiger partial charge in [-0.3, -0.25) is 4.79 Å². The zero-order chi connectivity index (χ0) is 19.2. The lowest BCUT2D eigenvalue weighted by Gasteiger charge is -2.32. The Morgan fingerprint density at radius 2 is 2.11 bits per heavy atom. The molecule has 2 aromatic carbocycles. The first-order chi connectivity index (χ1) is 13.1. The second-order valence-electron chi connectivity index (χ2n) is 6.77. The maximum atomic E-state index is 13.6. The lowest BCUT2D eigenvalue weighted by Crippen LogP contribution is -2.43. The van der Waals surface area contributed by atoms with Crippen molar-refractivity contribution in [1.82, 2.24) is 4.90 Å². The minimum atomic E-state index is -0.542. The van der Waals surface area contributed by atoms with Crippen LogP contribution in [0.15, 0.2) is 42.5 Å². The van der Waals surface area contributed by atoms with Crippen molar-refractivity contribution in [2.24, 2.45) is 0 Å². The molecular weight excluding hydrogens is 343 g/mol. The zero-order valence-corrected chi connectivity index (χ0v) is 15.5. The molecule has 140 valence electrons. The highest BCUT2D eigenvalue weighted by Crippen LogP contribution is 2.24. The van der Waals surface area contributed by atoms with Gasteiger partial charge in [0.25, 0.3) is 5.91 Å². The minimum Gasteiger partial charge on any atom is -0.376 e. The molecule has 0 radical (unpaired) electrons. The van der Waals surface area contributed by atoms with E-state index in [-0.39, 0.29) is 17.6 Å². The van der Waals surface area contributed by atoms with E-state index < -0.39 is 5.82 Å².